The highest BCUT2D eigenvalue weighted by Gasteiger charge is 2.61. The summed E-state index contributed by atoms with van der Waals surface area (Å²) in [5.74, 6) is -0.390. The molecule has 150 valence electrons. The Balaban J connectivity index is 1.63. The molecule has 5 nitrogen and oxygen atoms in total. The SMILES string of the molecule is CC(C)(C)OC(=O)N1CC2(C1)CC(O)(c1ccc(Br)c(OC(F)(F)F)c1)C2. The van der Waals surface area contributed by atoms with E-state index in [1.54, 1.807) is 31.7 Å². The smallest absolute Gasteiger partial charge is 0.444 e. The molecule has 1 aliphatic heterocycles. The Hall–Kier alpha value is -1.48. The lowest BCUT2D eigenvalue weighted by Gasteiger charge is -2.62. The molecule has 0 radical (unpaired) electrons. The van der Waals surface area contributed by atoms with E-state index in [2.05, 4.69) is 20.7 Å². The molecule has 1 amide bonds. The molecular weight excluding hydrogens is 431 g/mol. The lowest BCUT2D eigenvalue weighted by Crippen LogP contribution is -2.68. The van der Waals surface area contributed by atoms with Gasteiger partial charge in [-0.25, -0.2) is 4.79 Å². The number of amides is 1. The summed E-state index contributed by atoms with van der Waals surface area (Å²) in [5, 5.41) is 10.8. The van der Waals surface area contributed by atoms with Crippen LogP contribution in [0.25, 0.3) is 0 Å². The predicted octanol–water partition coefficient (Wildman–Crippen LogP) is 4.57. The minimum Gasteiger partial charge on any atom is -0.444 e. The lowest BCUT2D eigenvalue weighted by molar-refractivity contribution is -0.275. The van der Waals surface area contributed by atoms with Gasteiger partial charge >= 0.3 is 12.5 Å². The molecule has 0 bridgehead atoms. The van der Waals surface area contributed by atoms with Gasteiger partial charge in [-0.2, -0.15) is 0 Å². The quantitative estimate of drug-likeness (QED) is 0.715. The number of ether oxygens (including phenoxy) is 2. The number of likely N-dealkylation sites (tertiary alicyclic amines) is 1. The third kappa shape index (κ3) is 4.34. The van der Waals surface area contributed by atoms with E-state index in [1.165, 1.54) is 12.1 Å². The molecule has 1 N–H and O–H groups in total. The maximum absolute atomic E-state index is 12.5. The van der Waals surface area contributed by atoms with Gasteiger partial charge in [-0.3, -0.25) is 0 Å². The molecule has 2 aliphatic rings. The second kappa shape index (κ2) is 6.27. The zero-order chi connectivity index (χ0) is 20.3. The Morgan fingerprint density at radius 2 is 1.81 bits per heavy atom. The molecular formula is C18H21BrF3NO4. The van der Waals surface area contributed by atoms with Gasteiger partial charge in [0.15, 0.2) is 0 Å². The van der Waals surface area contributed by atoms with Crippen LogP contribution in [0.15, 0.2) is 22.7 Å². The number of hydrogen-bond acceptors (Lipinski definition) is 4. The van der Waals surface area contributed by atoms with Gasteiger partial charge in [0.2, 0.25) is 0 Å². The van der Waals surface area contributed by atoms with E-state index in [9.17, 15) is 23.1 Å². The summed E-state index contributed by atoms with van der Waals surface area (Å²) in [4.78, 5) is 13.6. The van der Waals surface area contributed by atoms with E-state index >= 15 is 0 Å². The van der Waals surface area contributed by atoms with Gasteiger partial charge in [0.05, 0.1) is 10.1 Å². The standard InChI is InChI=1S/C18H21BrF3NO4/c1-15(2,3)27-14(24)23-9-16(10-23)7-17(25,8-16)11-4-5-12(19)13(6-11)26-18(20,21)22/h4-6,25H,7-10H2,1-3H3. The van der Waals surface area contributed by atoms with Crippen molar-refractivity contribution in [3.8, 4) is 5.75 Å². The predicted molar refractivity (Wildman–Crippen MR) is 94.2 cm³/mol. The van der Waals surface area contributed by atoms with Gasteiger partial charge in [0.25, 0.3) is 0 Å². The van der Waals surface area contributed by atoms with Crippen molar-refractivity contribution in [1.29, 1.82) is 0 Å². The molecule has 0 atom stereocenters. The monoisotopic (exact) mass is 451 g/mol. The zero-order valence-electron chi connectivity index (χ0n) is 15.2. The van der Waals surface area contributed by atoms with Crippen LogP contribution >= 0.6 is 15.9 Å². The highest BCUT2D eigenvalue weighted by Crippen LogP contribution is 2.59. The fourth-order valence-electron chi connectivity index (χ4n) is 3.83. The maximum atomic E-state index is 12.5. The van der Waals surface area contributed by atoms with E-state index in [-0.39, 0.29) is 9.89 Å². The first kappa shape index (κ1) is 20.3. The van der Waals surface area contributed by atoms with Crippen LogP contribution in [-0.4, -0.2) is 41.2 Å². The van der Waals surface area contributed by atoms with Crippen molar-refractivity contribution < 1.29 is 32.5 Å². The van der Waals surface area contributed by atoms with Crippen LogP contribution in [0, 0.1) is 5.41 Å². The summed E-state index contributed by atoms with van der Waals surface area (Å²) < 4.78 is 47.0. The van der Waals surface area contributed by atoms with Crippen molar-refractivity contribution in [2.45, 2.75) is 51.2 Å². The van der Waals surface area contributed by atoms with Crippen LogP contribution in [-0.2, 0) is 10.3 Å². The van der Waals surface area contributed by atoms with Crippen molar-refractivity contribution >= 4 is 22.0 Å². The number of carbonyl (C=O) groups excluding carboxylic acids is 1. The summed E-state index contributed by atoms with van der Waals surface area (Å²) >= 11 is 3.02. The van der Waals surface area contributed by atoms with Gasteiger partial charge in [-0.1, -0.05) is 6.07 Å². The second-order valence-corrected chi connectivity index (χ2v) is 9.27. The van der Waals surface area contributed by atoms with Gasteiger partial charge in [0.1, 0.15) is 11.4 Å². The average Bonchev–Trinajstić information content (AvgIpc) is 2.40. The Morgan fingerprint density at radius 3 is 2.33 bits per heavy atom. The Bertz CT molecular complexity index is 746. The number of alkyl halides is 3. The molecule has 27 heavy (non-hydrogen) atoms. The highest BCUT2D eigenvalue weighted by atomic mass is 79.9. The van der Waals surface area contributed by atoms with Gasteiger partial charge < -0.3 is 19.5 Å². The first-order valence-electron chi connectivity index (χ1n) is 8.47. The molecule has 3 rings (SSSR count). The normalized spacial score (nSPS) is 20.7. The van der Waals surface area contributed by atoms with Crippen LogP contribution < -0.4 is 4.74 Å². The summed E-state index contributed by atoms with van der Waals surface area (Å²) in [6.45, 7) is 6.30. The number of carbonyl (C=O) groups is 1. The maximum Gasteiger partial charge on any atom is 0.573 e. The summed E-state index contributed by atoms with van der Waals surface area (Å²) in [7, 11) is 0. The number of benzene rings is 1. The highest BCUT2D eigenvalue weighted by molar-refractivity contribution is 9.10. The summed E-state index contributed by atoms with van der Waals surface area (Å²) in [5.41, 5.74) is -1.66. The molecule has 1 heterocycles. The van der Waals surface area contributed by atoms with Gasteiger partial charge in [0, 0.05) is 18.5 Å². The number of halogens is 4. The fraction of sp³-hybridized carbons (Fsp3) is 0.611. The number of rotatable bonds is 2. The third-order valence-corrected chi connectivity index (χ3v) is 5.39. The molecule has 0 unspecified atom stereocenters. The van der Waals surface area contributed by atoms with Crippen molar-refractivity contribution in [2.24, 2.45) is 5.41 Å². The van der Waals surface area contributed by atoms with Crippen LogP contribution in [0.5, 0.6) is 5.75 Å². The number of nitrogens with zero attached hydrogens (tertiary/aromatic N) is 1. The van der Waals surface area contributed by atoms with E-state index in [1.807, 2.05) is 0 Å². The fourth-order valence-corrected chi connectivity index (χ4v) is 4.16. The van der Waals surface area contributed by atoms with Crippen LogP contribution in [0.3, 0.4) is 0 Å². The third-order valence-electron chi connectivity index (χ3n) is 4.73. The average molecular weight is 452 g/mol. The largest absolute Gasteiger partial charge is 0.573 e. The zero-order valence-corrected chi connectivity index (χ0v) is 16.8. The van der Waals surface area contributed by atoms with Gasteiger partial charge in [-0.15, -0.1) is 13.2 Å². The molecule has 1 aromatic rings. The number of aliphatic hydroxyl groups is 1. The van der Waals surface area contributed by atoms with E-state index in [0.29, 0.717) is 31.5 Å². The minimum atomic E-state index is -4.81. The topological polar surface area (TPSA) is 59.0 Å². The first-order chi connectivity index (χ1) is 12.2. The van der Waals surface area contributed by atoms with Gasteiger partial charge in [-0.05, 0) is 67.2 Å². The minimum absolute atomic E-state index is 0.154. The van der Waals surface area contributed by atoms with Crippen LogP contribution in [0.1, 0.15) is 39.2 Å². The van der Waals surface area contributed by atoms with E-state index in [4.69, 9.17) is 4.74 Å². The van der Waals surface area contributed by atoms with Crippen molar-refractivity contribution in [3.05, 3.63) is 28.2 Å². The molecule has 9 heteroatoms. The Morgan fingerprint density at radius 1 is 1.22 bits per heavy atom. The van der Waals surface area contributed by atoms with Crippen molar-refractivity contribution in [1.82, 2.24) is 4.90 Å². The molecule has 1 aliphatic carbocycles. The van der Waals surface area contributed by atoms with E-state index in [0.717, 1.165) is 0 Å². The molecule has 1 saturated heterocycles. The van der Waals surface area contributed by atoms with Crippen molar-refractivity contribution in [2.75, 3.05) is 13.1 Å². The molecule has 1 spiro atoms. The van der Waals surface area contributed by atoms with Crippen LogP contribution in [0.2, 0.25) is 0 Å². The van der Waals surface area contributed by atoms with Crippen LogP contribution in [0.4, 0.5) is 18.0 Å². The lowest BCUT2D eigenvalue weighted by atomic mass is 9.53. The van der Waals surface area contributed by atoms with Crippen molar-refractivity contribution in [3.63, 3.8) is 0 Å². The van der Waals surface area contributed by atoms with E-state index < -0.39 is 29.4 Å². The summed E-state index contributed by atoms with van der Waals surface area (Å²) in [6.07, 6.45) is -4.47. The first-order valence-corrected chi connectivity index (χ1v) is 9.26. The molecule has 2 fully saturated rings. The Kier molecular flexibility index (Phi) is 4.70. The Labute approximate surface area is 163 Å². The summed E-state index contributed by atoms with van der Waals surface area (Å²) in [6, 6.07) is 4.20. The molecule has 0 aromatic heterocycles. The number of hydrogen-bond donors (Lipinski definition) is 1. The second-order valence-electron chi connectivity index (χ2n) is 8.41. The molecule has 1 saturated carbocycles. The molecule has 1 aromatic carbocycles.